The third-order valence-electron chi connectivity index (χ3n) is 5.71. The van der Waals surface area contributed by atoms with Crippen LogP contribution in [0.5, 0.6) is 0 Å². The molecule has 3 aromatic rings. The lowest BCUT2D eigenvalue weighted by molar-refractivity contribution is 0.0698. The Morgan fingerprint density at radius 1 is 1.15 bits per heavy atom. The number of hydrogen-bond acceptors (Lipinski definition) is 3. The van der Waals surface area contributed by atoms with E-state index >= 15 is 0 Å². The molecular formula is C22H26N4O. The second-order valence-corrected chi connectivity index (χ2v) is 7.54. The summed E-state index contributed by atoms with van der Waals surface area (Å²) in [6.07, 6.45) is 5.87. The number of aromatic nitrogens is 3. The monoisotopic (exact) mass is 362 g/mol. The molecule has 0 saturated heterocycles. The summed E-state index contributed by atoms with van der Waals surface area (Å²) in [5.74, 6) is 0.0718. The van der Waals surface area contributed by atoms with Crippen molar-refractivity contribution in [2.75, 3.05) is 7.05 Å². The minimum absolute atomic E-state index is 0.0718. The maximum atomic E-state index is 13.5. The molecule has 140 valence electrons. The standard InChI is InChI=1S/C22H26N4O/c1-15-20-18(22(27)25(2)17-12-8-5-9-13-17)14-19(16-10-6-4-7-11-16)23-21(20)26(3)24-15/h4,6-7,10-11,14,17H,5,8-9,12-13H2,1-3H3. The molecule has 5 nitrogen and oxygen atoms in total. The first-order chi connectivity index (χ1) is 13.1. The third kappa shape index (κ3) is 3.22. The number of rotatable bonds is 3. The van der Waals surface area contributed by atoms with Crippen molar-refractivity contribution in [1.29, 1.82) is 0 Å². The average molecular weight is 362 g/mol. The van der Waals surface area contributed by atoms with E-state index in [1.807, 2.05) is 62.3 Å². The molecule has 0 radical (unpaired) electrons. The first-order valence-electron chi connectivity index (χ1n) is 9.73. The largest absolute Gasteiger partial charge is 0.339 e. The van der Waals surface area contributed by atoms with Crippen LogP contribution in [0.15, 0.2) is 36.4 Å². The molecule has 1 amide bonds. The van der Waals surface area contributed by atoms with Gasteiger partial charge in [-0.15, -0.1) is 0 Å². The molecule has 0 bridgehead atoms. The van der Waals surface area contributed by atoms with Crippen molar-refractivity contribution in [3.05, 3.63) is 47.7 Å². The average Bonchev–Trinajstić information content (AvgIpc) is 3.01. The maximum absolute atomic E-state index is 13.5. The van der Waals surface area contributed by atoms with E-state index in [-0.39, 0.29) is 5.91 Å². The summed E-state index contributed by atoms with van der Waals surface area (Å²) in [4.78, 5) is 20.2. The van der Waals surface area contributed by atoms with Crippen LogP contribution in [0.25, 0.3) is 22.3 Å². The molecule has 1 fully saturated rings. The lowest BCUT2D eigenvalue weighted by Crippen LogP contribution is -2.38. The smallest absolute Gasteiger partial charge is 0.254 e. The van der Waals surface area contributed by atoms with Crippen LogP contribution in [0.3, 0.4) is 0 Å². The van der Waals surface area contributed by atoms with E-state index in [0.29, 0.717) is 11.6 Å². The summed E-state index contributed by atoms with van der Waals surface area (Å²) in [5.41, 5.74) is 4.13. The van der Waals surface area contributed by atoms with E-state index in [2.05, 4.69) is 5.10 Å². The molecule has 5 heteroatoms. The molecule has 1 aliphatic carbocycles. The highest BCUT2D eigenvalue weighted by Crippen LogP contribution is 2.29. The van der Waals surface area contributed by atoms with Gasteiger partial charge in [-0.25, -0.2) is 4.98 Å². The van der Waals surface area contributed by atoms with Gasteiger partial charge < -0.3 is 4.90 Å². The van der Waals surface area contributed by atoms with Gasteiger partial charge in [-0.05, 0) is 25.8 Å². The number of benzene rings is 1. The van der Waals surface area contributed by atoms with Crippen molar-refractivity contribution in [3.8, 4) is 11.3 Å². The summed E-state index contributed by atoms with van der Waals surface area (Å²) >= 11 is 0. The van der Waals surface area contributed by atoms with Crippen LogP contribution in [0.4, 0.5) is 0 Å². The van der Waals surface area contributed by atoms with Crippen LogP contribution in [-0.4, -0.2) is 38.7 Å². The van der Waals surface area contributed by atoms with E-state index in [0.717, 1.165) is 40.8 Å². The minimum Gasteiger partial charge on any atom is -0.339 e. The molecule has 2 heterocycles. The number of nitrogens with zero attached hydrogens (tertiary/aromatic N) is 4. The van der Waals surface area contributed by atoms with Crippen molar-refractivity contribution in [2.24, 2.45) is 7.05 Å². The molecule has 0 N–H and O–H groups in total. The molecule has 1 aromatic carbocycles. The molecule has 4 rings (SSSR count). The van der Waals surface area contributed by atoms with E-state index < -0.39 is 0 Å². The highest BCUT2D eigenvalue weighted by Gasteiger charge is 2.26. The van der Waals surface area contributed by atoms with Gasteiger partial charge in [0.05, 0.1) is 22.3 Å². The predicted molar refractivity (Wildman–Crippen MR) is 108 cm³/mol. The van der Waals surface area contributed by atoms with Gasteiger partial charge in [0.1, 0.15) is 0 Å². The second kappa shape index (κ2) is 7.14. The zero-order valence-electron chi connectivity index (χ0n) is 16.3. The number of carbonyl (C=O) groups is 1. The van der Waals surface area contributed by atoms with Crippen LogP contribution in [-0.2, 0) is 7.05 Å². The van der Waals surface area contributed by atoms with E-state index in [1.54, 1.807) is 4.68 Å². The molecule has 0 aliphatic heterocycles. The van der Waals surface area contributed by atoms with Crippen LogP contribution < -0.4 is 0 Å². The molecule has 0 spiro atoms. The van der Waals surface area contributed by atoms with Crippen LogP contribution in [0, 0.1) is 6.92 Å². The fourth-order valence-corrected chi connectivity index (χ4v) is 4.19. The fourth-order valence-electron chi connectivity index (χ4n) is 4.19. The van der Waals surface area contributed by atoms with Crippen LogP contribution in [0.2, 0.25) is 0 Å². The zero-order valence-corrected chi connectivity index (χ0v) is 16.3. The van der Waals surface area contributed by atoms with Gasteiger partial charge in [-0.1, -0.05) is 49.6 Å². The number of amides is 1. The molecule has 2 aromatic heterocycles. The van der Waals surface area contributed by atoms with E-state index in [1.165, 1.54) is 19.3 Å². The van der Waals surface area contributed by atoms with Crippen LogP contribution in [0.1, 0.15) is 48.2 Å². The Labute approximate surface area is 160 Å². The molecule has 1 saturated carbocycles. The summed E-state index contributed by atoms with van der Waals surface area (Å²) in [6, 6.07) is 12.3. The normalized spacial score (nSPS) is 15.2. The lowest BCUT2D eigenvalue weighted by atomic mass is 9.94. The Bertz CT molecular complexity index is 971. The Kier molecular flexibility index (Phi) is 4.68. The van der Waals surface area contributed by atoms with Gasteiger partial charge in [0, 0.05) is 25.7 Å². The molecule has 0 unspecified atom stereocenters. The number of hydrogen-bond donors (Lipinski definition) is 0. The zero-order chi connectivity index (χ0) is 19.0. The topological polar surface area (TPSA) is 51.0 Å². The molecule has 27 heavy (non-hydrogen) atoms. The fraction of sp³-hybridized carbons (Fsp3) is 0.409. The van der Waals surface area contributed by atoms with Gasteiger partial charge in [0.25, 0.3) is 5.91 Å². The van der Waals surface area contributed by atoms with Crippen LogP contribution >= 0.6 is 0 Å². The Morgan fingerprint density at radius 2 is 1.85 bits per heavy atom. The number of aryl methyl sites for hydroxylation is 2. The summed E-state index contributed by atoms with van der Waals surface area (Å²) in [5, 5.41) is 5.39. The molecule has 0 atom stereocenters. The Hall–Kier alpha value is -2.69. The number of pyridine rings is 1. The number of fused-ring (bicyclic) bond motifs is 1. The summed E-state index contributed by atoms with van der Waals surface area (Å²) < 4.78 is 1.77. The van der Waals surface area contributed by atoms with Gasteiger partial charge >= 0.3 is 0 Å². The maximum Gasteiger partial charge on any atom is 0.254 e. The quantitative estimate of drug-likeness (QED) is 0.696. The second-order valence-electron chi connectivity index (χ2n) is 7.54. The highest BCUT2D eigenvalue weighted by molar-refractivity contribution is 6.07. The summed E-state index contributed by atoms with van der Waals surface area (Å²) in [7, 11) is 3.83. The van der Waals surface area contributed by atoms with E-state index in [4.69, 9.17) is 4.98 Å². The third-order valence-corrected chi connectivity index (χ3v) is 5.71. The van der Waals surface area contributed by atoms with Crippen molar-refractivity contribution in [3.63, 3.8) is 0 Å². The van der Waals surface area contributed by atoms with Crippen molar-refractivity contribution in [1.82, 2.24) is 19.7 Å². The molecular weight excluding hydrogens is 336 g/mol. The Morgan fingerprint density at radius 3 is 2.56 bits per heavy atom. The SMILES string of the molecule is Cc1nn(C)c2nc(-c3ccccc3)cc(C(=O)N(C)C3CCCCC3)c12. The first kappa shape index (κ1) is 17.7. The van der Waals surface area contributed by atoms with Crippen molar-refractivity contribution >= 4 is 16.9 Å². The van der Waals surface area contributed by atoms with Crippen molar-refractivity contribution in [2.45, 2.75) is 45.1 Å². The molecule has 1 aliphatic rings. The van der Waals surface area contributed by atoms with Gasteiger partial charge in [-0.2, -0.15) is 5.10 Å². The van der Waals surface area contributed by atoms with E-state index in [9.17, 15) is 4.79 Å². The summed E-state index contributed by atoms with van der Waals surface area (Å²) in [6.45, 7) is 1.95. The lowest BCUT2D eigenvalue weighted by Gasteiger charge is -2.31. The first-order valence-corrected chi connectivity index (χ1v) is 9.73. The van der Waals surface area contributed by atoms with Gasteiger partial charge in [0.15, 0.2) is 5.65 Å². The van der Waals surface area contributed by atoms with Gasteiger partial charge in [0.2, 0.25) is 0 Å². The minimum atomic E-state index is 0.0718. The number of carbonyl (C=O) groups excluding carboxylic acids is 1. The highest BCUT2D eigenvalue weighted by atomic mass is 16.2. The van der Waals surface area contributed by atoms with Gasteiger partial charge in [-0.3, -0.25) is 9.48 Å². The Balaban J connectivity index is 1.84. The predicted octanol–water partition coefficient (Wildman–Crippen LogP) is 4.35. The van der Waals surface area contributed by atoms with Crippen molar-refractivity contribution < 1.29 is 4.79 Å².